The Balaban J connectivity index is 1.70. The van der Waals surface area contributed by atoms with E-state index in [4.69, 9.17) is 9.47 Å². The Bertz CT molecular complexity index is 1020. The maximum Gasteiger partial charge on any atom is 0.257 e. The van der Waals surface area contributed by atoms with Crippen LogP contribution in [0, 0.1) is 0 Å². The predicted octanol–water partition coefficient (Wildman–Crippen LogP) is 3.28. The molecule has 7 heteroatoms. The van der Waals surface area contributed by atoms with Crippen LogP contribution in [0.25, 0.3) is 0 Å². The number of ether oxygens (including phenoxy) is 2. The highest BCUT2D eigenvalue weighted by molar-refractivity contribution is 6.06. The number of methoxy groups -OCH3 is 2. The van der Waals surface area contributed by atoms with Crippen molar-refractivity contribution < 1.29 is 19.1 Å². The zero-order valence-corrected chi connectivity index (χ0v) is 16.1. The normalized spacial score (nSPS) is 10.1. The molecule has 1 aromatic heterocycles. The number of amides is 2. The molecule has 0 aliphatic rings. The quantitative estimate of drug-likeness (QED) is 0.645. The van der Waals surface area contributed by atoms with E-state index in [0.29, 0.717) is 23.7 Å². The predicted molar refractivity (Wildman–Crippen MR) is 109 cm³/mol. The van der Waals surface area contributed by atoms with Crippen molar-refractivity contribution in [2.75, 3.05) is 19.5 Å². The number of nitrogens with one attached hydrogen (secondary N) is 2. The number of aromatic nitrogens is 1. The number of benzene rings is 2. The summed E-state index contributed by atoms with van der Waals surface area (Å²) in [6.07, 6.45) is 2.82. The summed E-state index contributed by atoms with van der Waals surface area (Å²) >= 11 is 0. The van der Waals surface area contributed by atoms with E-state index in [1.807, 2.05) is 30.3 Å². The van der Waals surface area contributed by atoms with Crippen molar-refractivity contribution >= 4 is 17.5 Å². The topological polar surface area (TPSA) is 89.5 Å². The Morgan fingerprint density at radius 3 is 2.21 bits per heavy atom. The lowest BCUT2D eigenvalue weighted by Gasteiger charge is -2.11. The zero-order valence-electron chi connectivity index (χ0n) is 16.1. The minimum atomic E-state index is -0.388. The van der Waals surface area contributed by atoms with Crippen molar-refractivity contribution in [3.63, 3.8) is 0 Å². The van der Waals surface area contributed by atoms with Gasteiger partial charge in [0.25, 0.3) is 11.8 Å². The minimum Gasteiger partial charge on any atom is -0.496 e. The summed E-state index contributed by atoms with van der Waals surface area (Å²) in [5.41, 5.74) is 1.93. The van der Waals surface area contributed by atoms with Gasteiger partial charge in [0.15, 0.2) is 0 Å². The summed E-state index contributed by atoms with van der Waals surface area (Å²) in [6.45, 7) is 0.292. The molecule has 2 aromatic carbocycles. The SMILES string of the molecule is COc1ccccc1CNC(=O)c1cncc(C(=O)Nc2ccccc2OC)c1. The summed E-state index contributed by atoms with van der Waals surface area (Å²) in [6, 6.07) is 16.0. The lowest BCUT2D eigenvalue weighted by atomic mass is 10.1. The Morgan fingerprint density at radius 1 is 0.862 bits per heavy atom. The van der Waals surface area contributed by atoms with Gasteiger partial charge in [-0.1, -0.05) is 30.3 Å². The molecule has 0 unspecified atom stereocenters. The molecule has 0 spiro atoms. The van der Waals surface area contributed by atoms with E-state index in [2.05, 4.69) is 15.6 Å². The van der Waals surface area contributed by atoms with Crippen LogP contribution < -0.4 is 20.1 Å². The Morgan fingerprint density at radius 2 is 1.48 bits per heavy atom. The van der Waals surface area contributed by atoms with Gasteiger partial charge in [0.2, 0.25) is 0 Å². The van der Waals surface area contributed by atoms with Gasteiger partial charge in [-0.05, 0) is 24.3 Å². The lowest BCUT2D eigenvalue weighted by Crippen LogP contribution is -2.24. The monoisotopic (exact) mass is 391 g/mol. The van der Waals surface area contributed by atoms with E-state index in [1.54, 1.807) is 25.3 Å². The van der Waals surface area contributed by atoms with Gasteiger partial charge in [0.05, 0.1) is 31.0 Å². The third kappa shape index (κ3) is 4.90. The van der Waals surface area contributed by atoms with Crippen molar-refractivity contribution in [3.05, 3.63) is 83.7 Å². The van der Waals surface area contributed by atoms with E-state index < -0.39 is 0 Å². The fourth-order valence-corrected chi connectivity index (χ4v) is 2.76. The van der Waals surface area contributed by atoms with Crippen LogP contribution >= 0.6 is 0 Å². The van der Waals surface area contributed by atoms with Gasteiger partial charge >= 0.3 is 0 Å². The maximum atomic E-state index is 12.6. The molecule has 0 saturated heterocycles. The molecule has 148 valence electrons. The van der Waals surface area contributed by atoms with Crippen LogP contribution in [0.1, 0.15) is 26.3 Å². The largest absolute Gasteiger partial charge is 0.496 e. The van der Waals surface area contributed by atoms with Gasteiger partial charge in [0, 0.05) is 24.5 Å². The highest BCUT2D eigenvalue weighted by Crippen LogP contribution is 2.23. The molecule has 2 N–H and O–H groups in total. The summed E-state index contributed by atoms with van der Waals surface area (Å²) in [7, 11) is 3.10. The second-order valence-electron chi connectivity index (χ2n) is 6.11. The molecule has 0 aliphatic carbocycles. The fraction of sp³-hybridized carbons (Fsp3) is 0.136. The van der Waals surface area contributed by atoms with E-state index in [0.717, 1.165) is 5.56 Å². The summed E-state index contributed by atoms with van der Waals surface area (Å²) in [5, 5.41) is 5.58. The molecule has 29 heavy (non-hydrogen) atoms. The van der Waals surface area contributed by atoms with Gasteiger partial charge in [0.1, 0.15) is 11.5 Å². The summed E-state index contributed by atoms with van der Waals surface area (Å²) in [5.74, 6) is 0.507. The highest BCUT2D eigenvalue weighted by Gasteiger charge is 2.14. The number of carbonyl (C=O) groups excluding carboxylic acids is 2. The second kappa shape index (κ2) is 9.36. The second-order valence-corrected chi connectivity index (χ2v) is 6.11. The molecule has 0 fully saturated rings. The smallest absolute Gasteiger partial charge is 0.257 e. The fourth-order valence-electron chi connectivity index (χ4n) is 2.76. The third-order valence-electron chi connectivity index (χ3n) is 4.25. The van der Waals surface area contributed by atoms with Gasteiger partial charge in [-0.3, -0.25) is 14.6 Å². The van der Waals surface area contributed by atoms with Gasteiger partial charge in [-0.15, -0.1) is 0 Å². The molecule has 1 heterocycles. The molecule has 0 atom stereocenters. The average Bonchev–Trinajstić information content (AvgIpc) is 2.78. The third-order valence-corrected chi connectivity index (χ3v) is 4.25. The molecular formula is C22H21N3O4. The number of pyridine rings is 1. The Hall–Kier alpha value is -3.87. The van der Waals surface area contributed by atoms with Crippen LogP contribution in [-0.4, -0.2) is 31.0 Å². The first-order valence-corrected chi connectivity index (χ1v) is 8.92. The van der Waals surface area contributed by atoms with E-state index in [-0.39, 0.29) is 22.9 Å². The van der Waals surface area contributed by atoms with Gasteiger partial charge in [-0.2, -0.15) is 0 Å². The number of nitrogens with zero attached hydrogens (tertiary/aromatic N) is 1. The van der Waals surface area contributed by atoms with Crippen LogP contribution in [0.2, 0.25) is 0 Å². The number of para-hydroxylation sites is 3. The Labute approximate surface area is 168 Å². The number of carbonyl (C=O) groups is 2. The lowest BCUT2D eigenvalue weighted by molar-refractivity contribution is 0.0950. The van der Waals surface area contributed by atoms with Crippen molar-refractivity contribution in [1.29, 1.82) is 0 Å². The summed E-state index contributed by atoms with van der Waals surface area (Å²) < 4.78 is 10.5. The van der Waals surface area contributed by atoms with Crippen molar-refractivity contribution in [2.24, 2.45) is 0 Å². The first-order chi connectivity index (χ1) is 14.1. The molecule has 0 bridgehead atoms. The molecule has 2 amide bonds. The molecule has 3 aromatic rings. The minimum absolute atomic E-state index is 0.265. The van der Waals surface area contributed by atoms with E-state index >= 15 is 0 Å². The van der Waals surface area contributed by atoms with E-state index in [9.17, 15) is 9.59 Å². The first-order valence-electron chi connectivity index (χ1n) is 8.92. The van der Waals surface area contributed by atoms with Crippen molar-refractivity contribution in [2.45, 2.75) is 6.54 Å². The van der Waals surface area contributed by atoms with Gasteiger partial charge in [-0.25, -0.2) is 0 Å². The zero-order chi connectivity index (χ0) is 20.6. The number of hydrogen-bond acceptors (Lipinski definition) is 5. The van der Waals surface area contributed by atoms with E-state index in [1.165, 1.54) is 25.6 Å². The molecule has 7 nitrogen and oxygen atoms in total. The van der Waals surface area contributed by atoms with Crippen molar-refractivity contribution in [1.82, 2.24) is 10.3 Å². The standard InChI is InChI=1S/C22H21N3O4/c1-28-19-9-5-3-7-15(19)14-24-21(26)16-11-17(13-23-12-16)22(27)25-18-8-4-6-10-20(18)29-2/h3-13H,14H2,1-2H3,(H,24,26)(H,25,27). The summed E-state index contributed by atoms with van der Waals surface area (Å²) in [4.78, 5) is 29.1. The van der Waals surface area contributed by atoms with Gasteiger partial charge < -0.3 is 20.1 Å². The van der Waals surface area contributed by atoms with Crippen LogP contribution in [0.3, 0.4) is 0 Å². The number of hydrogen-bond donors (Lipinski definition) is 2. The first kappa shape index (κ1) is 19.9. The van der Waals surface area contributed by atoms with Crippen LogP contribution in [0.5, 0.6) is 11.5 Å². The molecule has 3 rings (SSSR count). The van der Waals surface area contributed by atoms with Crippen LogP contribution in [0.15, 0.2) is 67.0 Å². The van der Waals surface area contributed by atoms with Crippen molar-refractivity contribution in [3.8, 4) is 11.5 Å². The maximum absolute atomic E-state index is 12.6. The Kier molecular flexibility index (Phi) is 6.42. The molecular weight excluding hydrogens is 370 g/mol. The highest BCUT2D eigenvalue weighted by atomic mass is 16.5. The molecule has 0 radical (unpaired) electrons. The number of anilines is 1. The molecule has 0 aliphatic heterocycles. The van der Waals surface area contributed by atoms with Crippen LogP contribution in [0.4, 0.5) is 5.69 Å². The average molecular weight is 391 g/mol. The number of rotatable bonds is 7. The van der Waals surface area contributed by atoms with Crippen LogP contribution in [-0.2, 0) is 6.54 Å². The molecule has 0 saturated carbocycles.